The Hall–Kier alpha value is -2.63. The van der Waals surface area contributed by atoms with Crippen molar-refractivity contribution < 1.29 is 9.53 Å². The largest absolute Gasteiger partial charge is 0.377 e. The maximum Gasteiger partial charge on any atom is 0.254 e. The van der Waals surface area contributed by atoms with Gasteiger partial charge in [-0.15, -0.1) is 0 Å². The summed E-state index contributed by atoms with van der Waals surface area (Å²) in [5, 5.41) is 0. The highest BCUT2D eigenvalue weighted by molar-refractivity contribution is 5.95. The monoisotopic (exact) mass is 417 g/mol. The van der Waals surface area contributed by atoms with Gasteiger partial charge in [-0.2, -0.15) is 0 Å². The van der Waals surface area contributed by atoms with Crippen LogP contribution < -0.4 is 4.90 Å². The first-order chi connectivity index (χ1) is 15.2. The van der Waals surface area contributed by atoms with E-state index in [9.17, 15) is 4.79 Å². The van der Waals surface area contributed by atoms with Crippen LogP contribution >= 0.6 is 0 Å². The number of rotatable bonds is 4. The fraction of sp³-hybridized carbons (Fsp3) is 0.423. The van der Waals surface area contributed by atoms with Crippen molar-refractivity contribution >= 4 is 23.4 Å². The Balaban J connectivity index is 1.24. The maximum atomic E-state index is 13.2. The molecule has 0 saturated carbocycles. The number of ether oxygens (including phenoxy) is 1. The van der Waals surface area contributed by atoms with Gasteiger partial charge in [0.05, 0.1) is 6.10 Å². The normalized spacial score (nSPS) is 23.8. The minimum Gasteiger partial charge on any atom is -0.377 e. The van der Waals surface area contributed by atoms with E-state index in [0.29, 0.717) is 6.10 Å². The molecule has 0 spiro atoms. The topological polar surface area (TPSA) is 36.0 Å². The van der Waals surface area contributed by atoms with E-state index in [2.05, 4.69) is 65.3 Å². The summed E-state index contributed by atoms with van der Waals surface area (Å²) in [6.07, 6.45) is 7.06. The third kappa shape index (κ3) is 4.25. The zero-order valence-electron chi connectivity index (χ0n) is 18.2. The van der Waals surface area contributed by atoms with Crippen molar-refractivity contribution in [2.24, 2.45) is 0 Å². The van der Waals surface area contributed by atoms with Crippen LogP contribution in [0.2, 0.25) is 0 Å². The van der Waals surface area contributed by atoms with E-state index in [1.807, 2.05) is 17.0 Å². The maximum absolute atomic E-state index is 13.2. The third-order valence-electron chi connectivity index (χ3n) is 6.70. The molecule has 3 aliphatic heterocycles. The number of piperazine rings is 1. The first-order valence-corrected chi connectivity index (χ1v) is 11.5. The van der Waals surface area contributed by atoms with Gasteiger partial charge in [-0.05, 0) is 55.7 Å². The van der Waals surface area contributed by atoms with Crippen molar-refractivity contribution in [1.29, 1.82) is 0 Å². The molecule has 31 heavy (non-hydrogen) atoms. The number of carbonyl (C=O) groups is 1. The summed E-state index contributed by atoms with van der Waals surface area (Å²) >= 11 is 0. The molecule has 0 bridgehead atoms. The second-order valence-electron chi connectivity index (χ2n) is 8.86. The SMILES string of the molecule is C[C@H]1CN(CC2CCCO2)CCN1C(=O)c1ccc(N2CC=Cc3ccccc32)cc1. The van der Waals surface area contributed by atoms with Crippen LogP contribution in [0.1, 0.15) is 35.7 Å². The van der Waals surface area contributed by atoms with E-state index in [4.69, 9.17) is 4.74 Å². The molecule has 2 aromatic rings. The second kappa shape index (κ2) is 8.85. The molecule has 2 fully saturated rings. The number of para-hydroxylation sites is 1. The predicted octanol–water partition coefficient (Wildman–Crippen LogP) is 4.18. The van der Waals surface area contributed by atoms with Gasteiger partial charge < -0.3 is 14.5 Å². The summed E-state index contributed by atoms with van der Waals surface area (Å²) in [5.74, 6) is 0.134. The second-order valence-corrected chi connectivity index (χ2v) is 8.86. The molecule has 2 aromatic carbocycles. The quantitative estimate of drug-likeness (QED) is 0.748. The van der Waals surface area contributed by atoms with Crippen molar-refractivity contribution in [2.45, 2.75) is 31.9 Å². The number of hydrogen-bond acceptors (Lipinski definition) is 4. The van der Waals surface area contributed by atoms with Crippen molar-refractivity contribution in [1.82, 2.24) is 9.80 Å². The summed E-state index contributed by atoms with van der Waals surface area (Å²) in [6, 6.07) is 16.7. The Morgan fingerprint density at radius 3 is 2.71 bits per heavy atom. The van der Waals surface area contributed by atoms with E-state index < -0.39 is 0 Å². The zero-order valence-corrected chi connectivity index (χ0v) is 18.2. The molecular formula is C26H31N3O2. The number of fused-ring (bicyclic) bond motifs is 1. The summed E-state index contributed by atoms with van der Waals surface area (Å²) in [5.41, 5.74) is 4.32. The lowest BCUT2D eigenvalue weighted by Gasteiger charge is -2.40. The molecule has 0 aliphatic carbocycles. The lowest BCUT2D eigenvalue weighted by Crippen LogP contribution is -2.55. The van der Waals surface area contributed by atoms with Gasteiger partial charge in [0.2, 0.25) is 0 Å². The molecule has 0 aromatic heterocycles. The number of carbonyl (C=O) groups excluding carboxylic acids is 1. The number of hydrogen-bond donors (Lipinski definition) is 0. The van der Waals surface area contributed by atoms with Gasteiger partial charge in [0, 0.05) is 62.3 Å². The Labute approximate surface area is 184 Å². The minimum atomic E-state index is 0.134. The molecule has 1 unspecified atom stereocenters. The molecule has 3 heterocycles. The van der Waals surface area contributed by atoms with Gasteiger partial charge in [-0.25, -0.2) is 0 Å². The fourth-order valence-corrected chi connectivity index (χ4v) is 5.03. The smallest absolute Gasteiger partial charge is 0.254 e. The molecule has 1 amide bonds. The highest BCUT2D eigenvalue weighted by Crippen LogP contribution is 2.32. The van der Waals surface area contributed by atoms with Crippen LogP contribution in [-0.2, 0) is 4.74 Å². The molecule has 3 aliphatic rings. The lowest BCUT2D eigenvalue weighted by atomic mass is 10.1. The van der Waals surface area contributed by atoms with Crippen LogP contribution in [0.3, 0.4) is 0 Å². The van der Waals surface area contributed by atoms with Crippen LogP contribution in [0.5, 0.6) is 0 Å². The number of anilines is 2. The molecule has 0 N–H and O–H groups in total. The van der Waals surface area contributed by atoms with Crippen molar-refractivity contribution in [3.8, 4) is 0 Å². The average molecular weight is 418 g/mol. The molecule has 2 saturated heterocycles. The van der Waals surface area contributed by atoms with Gasteiger partial charge in [-0.3, -0.25) is 9.69 Å². The molecule has 5 heteroatoms. The number of nitrogens with zero attached hydrogens (tertiary/aromatic N) is 3. The summed E-state index contributed by atoms with van der Waals surface area (Å²) in [6.45, 7) is 7.50. The van der Waals surface area contributed by atoms with Crippen LogP contribution in [0.15, 0.2) is 54.6 Å². The summed E-state index contributed by atoms with van der Waals surface area (Å²) in [4.78, 5) is 20.0. The first kappa shape index (κ1) is 20.3. The molecule has 5 nitrogen and oxygen atoms in total. The standard InChI is InChI=1S/C26H31N3O2/c1-20-18-27(19-24-8-5-17-31-24)15-16-28(20)26(30)22-10-12-23(13-11-22)29-14-4-7-21-6-2-3-9-25(21)29/h2-4,6-7,9-13,20,24H,5,8,14-19H2,1H3/t20-,24?/m0/s1. The van der Waals surface area contributed by atoms with E-state index in [1.54, 1.807) is 0 Å². The van der Waals surface area contributed by atoms with Gasteiger partial charge >= 0.3 is 0 Å². The Morgan fingerprint density at radius 1 is 1.10 bits per heavy atom. The van der Waals surface area contributed by atoms with Crippen LogP contribution in [0, 0.1) is 0 Å². The molecule has 5 rings (SSSR count). The van der Waals surface area contributed by atoms with Gasteiger partial charge in [0.15, 0.2) is 0 Å². The van der Waals surface area contributed by atoms with Crippen molar-refractivity contribution in [3.63, 3.8) is 0 Å². The Kier molecular flexibility index (Phi) is 5.79. The van der Waals surface area contributed by atoms with Gasteiger partial charge in [0.1, 0.15) is 0 Å². The third-order valence-corrected chi connectivity index (χ3v) is 6.70. The highest BCUT2D eigenvalue weighted by Gasteiger charge is 2.30. The minimum absolute atomic E-state index is 0.134. The van der Waals surface area contributed by atoms with Crippen LogP contribution in [0.4, 0.5) is 11.4 Å². The van der Waals surface area contributed by atoms with Gasteiger partial charge in [-0.1, -0.05) is 30.4 Å². The number of amides is 1. The summed E-state index contributed by atoms with van der Waals surface area (Å²) < 4.78 is 5.79. The average Bonchev–Trinajstić information content (AvgIpc) is 3.32. The lowest BCUT2D eigenvalue weighted by molar-refractivity contribution is 0.0279. The number of benzene rings is 2. The van der Waals surface area contributed by atoms with Crippen LogP contribution in [0.25, 0.3) is 6.08 Å². The van der Waals surface area contributed by atoms with E-state index in [0.717, 1.165) is 57.0 Å². The highest BCUT2D eigenvalue weighted by atomic mass is 16.5. The van der Waals surface area contributed by atoms with E-state index in [1.165, 1.54) is 17.7 Å². The Bertz CT molecular complexity index is 949. The van der Waals surface area contributed by atoms with E-state index >= 15 is 0 Å². The van der Waals surface area contributed by atoms with Gasteiger partial charge in [0.25, 0.3) is 5.91 Å². The van der Waals surface area contributed by atoms with Crippen LogP contribution in [-0.4, -0.2) is 67.2 Å². The molecular weight excluding hydrogens is 386 g/mol. The van der Waals surface area contributed by atoms with E-state index in [-0.39, 0.29) is 11.9 Å². The zero-order chi connectivity index (χ0) is 21.2. The Morgan fingerprint density at radius 2 is 1.94 bits per heavy atom. The molecule has 0 radical (unpaired) electrons. The van der Waals surface area contributed by atoms with Crippen molar-refractivity contribution in [2.75, 3.05) is 44.2 Å². The summed E-state index contributed by atoms with van der Waals surface area (Å²) in [7, 11) is 0. The fourth-order valence-electron chi connectivity index (χ4n) is 5.03. The molecule has 162 valence electrons. The predicted molar refractivity (Wildman–Crippen MR) is 125 cm³/mol. The first-order valence-electron chi connectivity index (χ1n) is 11.5. The molecule has 2 atom stereocenters. The van der Waals surface area contributed by atoms with Crippen molar-refractivity contribution in [3.05, 3.63) is 65.7 Å².